The third kappa shape index (κ3) is 4.67. The molecule has 8 nitrogen and oxygen atoms in total. The zero-order valence-corrected chi connectivity index (χ0v) is 16.9. The van der Waals surface area contributed by atoms with E-state index in [9.17, 15) is 22.8 Å². The second kappa shape index (κ2) is 8.50. The van der Waals surface area contributed by atoms with E-state index in [1.807, 2.05) is 0 Å². The van der Waals surface area contributed by atoms with Crippen molar-refractivity contribution in [2.45, 2.75) is 18.6 Å². The van der Waals surface area contributed by atoms with Gasteiger partial charge in [0.15, 0.2) is 6.61 Å². The first-order chi connectivity index (χ1) is 15.2. The topological polar surface area (TPSA) is 98.1 Å². The van der Waals surface area contributed by atoms with Crippen LogP contribution in [0.5, 0.6) is 5.75 Å². The molecule has 2 heterocycles. The molecule has 0 saturated carbocycles. The number of nitrogens with zero attached hydrogens (tertiary/aromatic N) is 3. The summed E-state index contributed by atoms with van der Waals surface area (Å²) in [6.45, 7) is -0.464. The van der Waals surface area contributed by atoms with Crippen LogP contribution in [0.1, 0.15) is 23.6 Å². The van der Waals surface area contributed by atoms with Gasteiger partial charge in [-0.05, 0) is 35.9 Å². The van der Waals surface area contributed by atoms with Crippen molar-refractivity contribution in [3.63, 3.8) is 0 Å². The van der Waals surface area contributed by atoms with Gasteiger partial charge in [-0.15, -0.1) is 0 Å². The number of carbonyl (C=O) groups excluding carboxylic acids is 2. The molecule has 32 heavy (non-hydrogen) atoms. The molecule has 0 saturated heterocycles. The molecule has 1 atom stereocenters. The van der Waals surface area contributed by atoms with Crippen molar-refractivity contribution in [1.29, 1.82) is 0 Å². The van der Waals surface area contributed by atoms with Crippen LogP contribution in [0, 0.1) is 0 Å². The predicted octanol–water partition coefficient (Wildman–Crippen LogP) is 3.90. The SMILES string of the molecule is O=C(COc1ccc(C2CC(=O)Nc3ncnn32)cc1Cl)Nc1cccc(C(F)(F)F)c1. The average molecular weight is 466 g/mol. The van der Waals surface area contributed by atoms with Crippen molar-refractivity contribution >= 4 is 35.1 Å². The number of halogens is 4. The Bertz CT molecular complexity index is 1180. The van der Waals surface area contributed by atoms with E-state index in [2.05, 4.69) is 20.7 Å². The smallest absolute Gasteiger partial charge is 0.416 e. The molecule has 3 aromatic rings. The fraction of sp³-hybridized carbons (Fsp3) is 0.200. The van der Waals surface area contributed by atoms with Crippen molar-refractivity contribution in [2.24, 2.45) is 0 Å². The summed E-state index contributed by atoms with van der Waals surface area (Å²) in [4.78, 5) is 28.0. The minimum Gasteiger partial charge on any atom is -0.482 e. The highest BCUT2D eigenvalue weighted by molar-refractivity contribution is 6.32. The fourth-order valence-corrected chi connectivity index (χ4v) is 3.46. The van der Waals surface area contributed by atoms with Gasteiger partial charge in [-0.3, -0.25) is 14.9 Å². The predicted molar refractivity (Wildman–Crippen MR) is 108 cm³/mol. The Labute approximate surface area is 184 Å². The maximum atomic E-state index is 12.8. The third-order valence-electron chi connectivity index (χ3n) is 4.67. The van der Waals surface area contributed by atoms with E-state index in [4.69, 9.17) is 16.3 Å². The van der Waals surface area contributed by atoms with Crippen LogP contribution in [0.3, 0.4) is 0 Å². The van der Waals surface area contributed by atoms with E-state index in [-0.39, 0.29) is 28.8 Å². The van der Waals surface area contributed by atoms with Crippen LogP contribution in [-0.4, -0.2) is 33.2 Å². The van der Waals surface area contributed by atoms with Gasteiger partial charge in [0.2, 0.25) is 11.9 Å². The molecule has 0 aliphatic carbocycles. The quantitative estimate of drug-likeness (QED) is 0.595. The number of nitrogens with one attached hydrogen (secondary N) is 2. The van der Waals surface area contributed by atoms with Gasteiger partial charge in [-0.2, -0.15) is 23.3 Å². The minimum atomic E-state index is -4.52. The largest absolute Gasteiger partial charge is 0.482 e. The molecule has 2 aromatic carbocycles. The molecule has 166 valence electrons. The van der Waals surface area contributed by atoms with E-state index < -0.39 is 30.3 Å². The van der Waals surface area contributed by atoms with Gasteiger partial charge < -0.3 is 10.1 Å². The summed E-state index contributed by atoms with van der Waals surface area (Å²) in [7, 11) is 0. The molecule has 0 bridgehead atoms. The summed E-state index contributed by atoms with van der Waals surface area (Å²) in [5.41, 5.74) is -0.187. The number of hydrogen-bond donors (Lipinski definition) is 2. The zero-order valence-electron chi connectivity index (χ0n) is 16.2. The maximum absolute atomic E-state index is 12.8. The van der Waals surface area contributed by atoms with Crippen molar-refractivity contribution in [3.05, 3.63) is 64.9 Å². The first-order valence-electron chi connectivity index (χ1n) is 9.29. The number of rotatable bonds is 5. The second-order valence-corrected chi connectivity index (χ2v) is 7.31. The number of hydrogen-bond acceptors (Lipinski definition) is 5. The number of benzene rings is 2. The van der Waals surface area contributed by atoms with Crippen LogP contribution >= 0.6 is 11.6 Å². The molecule has 1 unspecified atom stereocenters. The summed E-state index contributed by atoms with van der Waals surface area (Å²) in [5.74, 6) is -0.332. The average Bonchev–Trinajstić information content (AvgIpc) is 3.20. The van der Waals surface area contributed by atoms with Crippen molar-refractivity contribution < 1.29 is 27.5 Å². The highest BCUT2D eigenvalue weighted by atomic mass is 35.5. The molecule has 2 amide bonds. The molecular weight excluding hydrogens is 451 g/mol. The Hall–Kier alpha value is -3.60. The van der Waals surface area contributed by atoms with E-state index in [1.165, 1.54) is 18.5 Å². The van der Waals surface area contributed by atoms with Gasteiger partial charge in [0.25, 0.3) is 5.91 Å². The van der Waals surface area contributed by atoms with Crippen LogP contribution in [0.25, 0.3) is 0 Å². The van der Waals surface area contributed by atoms with Crippen LogP contribution < -0.4 is 15.4 Å². The fourth-order valence-electron chi connectivity index (χ4n) is 3.22. The van der Waals surface area contributed by atoms with Gasteiger partial charge >= 0.3 is 6.18 Å². The molecule has 1 aliphatic rings. The van der Waals surface area contributed by atoms with E-state index in [0.29, 0.717) is 11.5 Å². The monoisotopic (exact) mass is 465 g/mol. The van der Waals surface area contributed by atoms with Crippen molar-refractivity contribution in [3.8, 4) is 5.75 Å². The summed E-state index contributed by atoms with van der Waals surface area (Å²) in [5, 5.41) is 9.28. The Morgan fingerprint density at radius 3 is 2.84 bits per heavy atom. The number of carbonyl (C=O) groups is 2. The second-order valence-electron chi connectivity index (χ2n) is 6.90. The number of fused-ring (bicyclic) bond motifs is 1. The minimum absolute atomic E-state index is 0.00548. The number of aromatic nitrogens is 3. The number of ether oxygens (including phenoxy) is 1. The van der Waals surface area contributed by atoms with Gasteiger partial charge in [0.05, 0.1) is 23.0 Å². The molecule has 0 spiro atoms. The van der Waals surface area contributed by atoms with Gasteiger partial charge in [0.1, 0.15) is 12.1 Å². The van der Waals surface area contributed by atoms with Crippen LogP contribution in [0.2, 0.25) is 5.02 Å². The number of amides is 2. The zero-order chi connectivity index (χ0) is 22.9. The Kier molecular flexibility index (Phi) is 5.74. The molecule has 4 rings (SSSR count). The summed E-state index contributed by atoms with van der Waals surface area (Å²) < 4.78 is 45.3. The summed E-state index contributed by atoms with van der Waals surface area (Å²) >= 11 is 6.27. The number of anilines is 2. The highest BCUT2D eigenvalue weighted by Crippen LogP contribution is 2.34. The molecular formula is C20H15ClF3N5O3. The lowest BCUT2D eigenvalue weighted by Crippen LogP contribution is -2.29. The van der Waals surface area contributed by atoms with E-state index in [0.717, 1.165) is 12.1 Å². The third-order valence-corrected chi connectivity index (χ3v) is 4.97. The van der Waals surface area contributed by atoms with Crippen LogP contribution in [-0.2, 0) is 15.8 Å². The molecule has 1 aliphatic heterocycles. The maximum Gasteiger partial charge on any atom is 0.416 e. The molecule has 12 heteroatoms. The normalized spacial score (nSPS) is 15.6. The Morgan fingerprint density at radius 1 is 1.28 bits per heavy atom. The van der Waals surface area contributed by atoms with Gasteiger partial charge in [0, 0.05) is 5.69 Å². The van der Waals surface area contributed by atoms with Gasteiger partial charge in [-0.25, -0.2) is 4.68 Å². The standard InChI is InChI=1S/C20H15ClF3N5O3/c21-14-6-11(15-8-17(30)28-19-25-10-26-29(15)19)4-5-16(14)32-9-18(31)27-13-3-1-2-12(7-13)20(22,23)24/h1-7,10,15H,8-9H2,(H,27,31)(H,25,26,28,30). The van der Waals surface area contributed by atoms with E-state index in [1.54, 1.807) is 22.9 Å². The Morgan fingerprint density at radius 2 is 2.09 bits per heavy atom. The van der Waals surface area contributed by atoms with Crippen LogP contribution in [0.4, 0.5) is 24.8 Å². The molecule has 1 aromatic heterocycles. The molecule has 2 N–H and O–H groups in total. The molecule has 0 fully saturated rings. The lowest BCUT2D eigenvalue weighted by Gasteiger charge is -2.24. The van der Waals surface area contributed by atoms with Crippen LogP contribution in [0.15, 0.2) is 48.8 Å². The van der Waals surface area contributed by atoms with E-state index >= 15 is 0 Å². The Balaban J connectivity index is 1.41. The lowest BCUT2D eigenvalue weighted by atomic mass is 10.0. The first-order valence-corrected chi connectivity index (χ1v) is 9.67. The van der Waals surface area contributed by atoms with Crippen molar-refractivity contribution in [1.82, 2.24) is 14.8 Å². The van der Waals surface area contributed by atoms with Gasteiger partial charge in [-0.1, -0.05) is 23.7 Å². The molecule has 0 radical (unpaired) electrons. The number of alkyl halides is 3. The summed E-state index contributed by atoms with van der Waals surface area (Å²) in [6.07, 6.45) is -3.04. The first kappa shape index (κ1) is 21.6. The lowest BCUT2D eigenvalue weighted by molar-refractivity contribution is -0.137. The highest BCUT2D eigenvalue weighted by Gasteiger charge is 2.30. The summed E-state index contributed by atoms with van der Waals surface area (Å²) in [6, 6.07) is 8.69. The van der Waals surface area contributed by atoms with Crippen molar-refractivity contribution in [2.75, 3.05) is 17.2 Å².